The van der Waals surface area contributed by atoms with Crippen LogP contribution in [0.2, 0.25) is 0 Å². The van der Waals surface area contributed by atoms with Crippen molar-refractivity contribution < 1.29 is 14.5 Å². The Morgan fingerprint density at radius 3 is 2.59 bits per heavy atom. The van der Waals surface area contributed by atoms with E-state index in [4.69, 9.17) is 4.74 Å². The van der Waals surface area contributed by atoms with Gasteiger partial charge in [0.05, 0.1) is 4.92 Å². The first kappa shape index (κ1) is 16.0. The molecule has 0 aliphatic heterocycles. The smallest absolute Gasteiger partial charge is 0.414 e. The van der Waals surface area contributed by atoms with Crippen molar-refractivity contribution in [1.82, 2.24) is 0 Å². The SMILES string of the molecule is CN(C(=O)OCc1ccccc1)c1ccc(Br)cc1[N+](=O)[O-]. The third-order valence-electron chi connectivity index (χ3n) is 2.97. The number of hydrogen-bond donors (Lipinski definition) is 0. The zero-order valence-corrected chi connectivity index (χ0v) is 13.3. The summed E-state index contributed by atoms with van der Waals surface area (Å²) in [6.45, 7) is 0.105. The molecule has 0 bridgehead atoms. The lowest BCUT2D eigenvalue weighted by Gasteiger charge is -2.17. The molecule has 6 nitrogen and oxygen atoms in total. The van der Waals surface area contributed by atoms with Crippen LogP contribution >= 0.6 is 15.9 Å². The van der Waals surface area contributed by atoms with Crippen LogP contribution < -0.4 is 4.90 Å². The molecule has 0 N–H and O–H groups in total. The monoisotopic (exact) mass is 364 g/mol. The predicted octanol–water partition coefficient (Wildman–Crippen LogP) is 4.13. The highest BCUT2D eigenvalue weighted by atomic mass is 79.9. The third-order valence-corrected chi connectivity index (χ3v) is 3.47. The minimum absolute atomic E-state index is 0.105. The Balaban J connectivity index is 2.12. The Bertz CT molecular complexity index is 691. The molecular weight excluding hydrogens is 352 g/mol. The van der Waals surface area contributed by atoms with Crippen LogP contribution in [0.15, 0.2) is 53.0 Å². The number of nitro groups is 1. The molecule has 0 saturated heterocycles. The molecule has 2 aromatic carbocycles. The van der Waals surface area contributed by atoms with Crippen molar-refractivity contribution in [2.24, 2.45) is 0 Å². The highest BCUT2D eigenvalue weighted by Crippen LogP contribution is 2.30. The molecular formula is C15H13BrN2O4. The van der Waals surface area contributed by atoms with Gasteiger partial charge in [-0.2, -0.15) is 0 Å². The number of carbonyl (C=O) groups is 1. The lowest BCUT2D eigenvalue weighted by atomic mass is 10.2. The molecule has 0 aromatic heterocycles. The van der Waals surface area contributed by atoms with E-state index >= 15 is 0 Å². The minimum Gasteiger partial charge on any atom is -0.444 e. The van der Waals surface area contributed by atoms with Gasteiger partial charge in [0.15, 0.2) is 0 Å². The normalized spacial score (nSPS) is 10.1. The molecule has 0 fully saturated rings. The number of anilines is 1. The lowest BCUT2D eigenvalue weighted by Crippen LogP contribution is -2.27. The standard InChI is InChI=1S/C15H13BrN2O4/c1-17(13-8-7-12(16)9-14(13)18(20)21)15(19)22-10-11-5-3-2-4-6-11/h2-9H,10H2,1H3. The van der Waals surface area contributed by atoms with Gasteiger partial charge in [0.2, 0.25) is 0 Å². The van der Waals surface area contributed by atoms with Crippen molar-refractivity contribution in [3.8, 4) is 0 Å². The number of hydrogen-bond acceptors (Lipinski definition) is 4. The van der Waals surface area contributed by atoms with Gasteiger partial charge in [-0.25, -0.2) is 4.79 Å². The van der Waals surface area contributed by atoms with Crippen LogP contribution in [0, 0.1) is 10.1 Å². The molecule has 1 amide bonds. The Hall–Kier alpha value is -2.41. The predicted molar refractivity (Wildman–Crippen MR) is 85.8 cm³/mol. The number of halogens is 1. The van der Waals surface area contributed by atoms with E-state index in [0.29, 0.717) is 4.47 Å². The Labute approximate surface area is 135 Å². The molecule has 0 spiro atoms. The fourth-order valence-corrected chi connectivity index (χ4v) is 2.19. The highest BCUT2D eigenvalue weighted by molar-refractivity contribution is 9.10. The number of nitro benzene ring substituents is 1. The molecule has 2 aromatic rings. The van der Waals surface area contributed by atoms with E-state index in [1.165, 1.54) is 19.2 Å². The molecule has 0 radical (unpaired) electrons. The van der Waals surface area contributed by atoms with Crippen LogP contribution in [-0.4, -0.2) is 18.1 Å². The second kappa shape index (κ2) is 7.04. The summed E-state index contributed by atoms with van der Waals surface area (Å²) in [7, 11) is 1.43. The molecule has 114 valence electrons. The van der Waals surface area contributed by atoms with E-state index < -0.39 is 11.0 Å². The van der Waals surface area contributed by atoms with Crippen LogP contribution in [0.3, 0.4) is 0 Å². The molecule has 0 aliphatic carbocycles. The number of amides is 1. The summed E-state index contributed by atoms with van der Waals surface area (Å²) in [4.78, 5) is 23.7. The van der Waals surface area contributed by atoms with Gasteiger partial charge in [-0.3, -0.25) is 15.0 Å². The maximum absolute atomic E-state index is 12.0. The van der Waals surface area contributed by atoms with E-state index in [9.17, 15) is 14.9 Å². The van der Waals surface area contributed by atoms with E-state index in [2.05, 4.69) is 15.9 Å². The maximum Gasteiger partial charge on any atom is 0.414 e. The second-order valence-electron chi connectivity index (χ2n) is 4.49. The number of rotatable bonds is 4. The second-order valence-corrected chi connectivity index (χ2v) is 5.41. The number of nitrogens with zero attached hydrogens (tertiary/aromatic N) is 2. The lowest BCUT2D eigenvalue weighted by molar-refractivity contribution is -0.384. The van der Waals surface area contributed by atoms with Crippen LogP contribution in [0.4, 0.5) is 16.2 Å². The van der Waals surface area contributed by atoms with Gasteiger partial charge in [0.1, 0.15) is 12.3 Å². The van der Waals surface area contributed by atoms with Crippen LogP contribution in [0.25, 0.3) is 0 Å². The summed E-state index contributed by atoms with van der Waals surface area (Å²) >= 11 is 3.17. The summed E-state index contributed by atoms with van der Waals surface area (Å²) in [5.74, 6) is 0. The summed E-state index contributed by atoms with van der Waals surface area (Å²) < 4.78 is 5.73. The van der Waals surface area contributed by atoms with Gasteiger partial charge < -0.3 is 4.74 Å². The van der Waals surface area contributed by atoms with Gasteiger partial charge in [-0.1, -0.05) is 46.3 Å². The van der Waals surface area contributed by atoms with Crippen LogP contribution in [0.5, 0.6) is 0 Å². The molecule has 0 unspecified atom stereocenters. The van der Waals surface area contributed by atoms with E-state index in [0.717, 1.165) is 10.5 Å². The molecule has 2 rings (SSSR count). The summed E-state index contributed by atoms with van der Waals surface area (Å²) in [6, 6.07) is 13.7. The zero-order chi connectivity index (χ0) is 16.1. The van der Waals surface area contributed by atoms with Crippen molar-refractivity contribution in [2.75, 3.05) is 11.9 Å². The summed E-state index contributed by atoms with van der Waals surface area (Å²) in [5.41, 5.74) is 0.842. The van der Waals surface area contributed by atoms with Crippen LogP contribution in [0.1, 0.15) is 5.56 Å². The van der Waals surface area contributed by atoms with Crippen molar-refractivity contribution in [1.29, 1.82) is 0 Å². The summed E-state index contributed by atoms with van der Waals surface area (Å²) in [6.07, 6.45) is -0.658. The highest BCUT2D eigenvalue weighted by Gasteiger charge is 2.22. The first-order chi connectivity index (χ1) is 10.5. The van der Waals surface area contributed by atoms with E-state index in [1.54, 1.807) is 6.07 Å². The first-order valence-corrected chi connectivity index (χ1v) is 7.16. The molecule has 7 heteroatoms. The minimum atomic E-state index is -0.658. The Kier molecular flexibility index (Phi) is 5.11. The van der Waals surface area contributed by atoms with Gasteiger partial charge in [-0.15, -0.1) is 0 Å². The summed E-state index contributed by atoms with van der Waals surface area (Å²) in [5, 5.41) is 11.1. The molecule has 0 saturated carbocycles. The van der Waals surface area contributed by atoms with Crippen molar-refractivity contribution >= 4 is 33.4 Å². The van der Waals surface area contributed by atoms with Crippen LogP contribution in [-0.2, 0) is 11.3 Å². The molecule has 0 heterocycles. The van der Waals surface area contributed by atoms with Crippen molar-refractivity contribution in [2.45, 2.75) is 6.61 Å². The molecule has 0 aliphatic rings. The van der Waals surface area contributed by atoms with Gasteiger partial charge in [0, 0.05) is 17.6 Å². The van der Waals surface area contributed by atoms with E-state index in [1.807, 2.05) is 30.3 Å². The third kappa shape index (κ3) is 3.82. The quantitative estimate of drug-likeness (QED) is 0.603. The Morgan fingerprint density at radius 1 is 1.27 bits per heavy atom. The largest absolute Gasteiger partial charge is 0.444 e. The molecule has 22 heavy (non-hydrogen) atoms. The van der Waals surface area contributed by atoms with Crippen molar-refractivity contribution in [3.05, 3.63) is 68.7 Å². The zero-order valence-electron chi connectivity index (χ0n) is 11.7. The average Bonchev–Trinajstić information content (AvgIpc) is 2.52. The average molecular weight is 365 g/mol. The topological polar surface area (TPSA) is 72.7 Å². The van der Waals surface area contributed by atoms with Gasteiger partial charge >= 0.3 is 6.09 Å². The fourth-order valence-electron chi connectivity index (χ4n) is 1.84. The van der Waals surface area contributed by atoms with Crippen molar-refractivity contribution in [3.63, 3.8) is 0 Å². The fraction of sp³-hybridized carbons (Fsp3) is 0.133. The van der Waals surface area contributed by atoms with E-state index in [-0.39, 0.29) is 18.0 Å². The number of carbonyl (C=O) groups excluding carboxylic acids is 1. The molecule has 0 atom stereocenters. The van der Waals surface area contributed by atoms with Gasteiger partial charge in [0.25, 0.3) is 5.69 Å². The Morgan fingerprint density at radius 2 is 1.95 bits per heavy atom. The maximum atomic E-state index is 12.0. The number of benzene rings is 2. The number of ether oxygens (including phenoxy) is 1. The van der Waals surface area contributed by atoms with Gasteiger partial charge in [-0.05, 0) is 17.7 Å². The first-order valence-electron chi connectivity index (χ1n) is 6.37.